The Morgan fingerprint density at radius 2 is 2.38 bits per heavy atom. The van der Waals surface area contributed by atoms with Crippen LogP contribution in [0.25, 0.3) is 0 Å². The maximum atomic E-state index is 10.1. The number of hydrogen-bond donors (Lipinski definition) is 1. The number of aliphatic carboxylic acids is 1. The molecule has 0 aliphatic carbocycles. The lowest BCUT2D eigenvalue weighted by atomic mass is 10.4. The molecule has 0 aliphatic rings. The normalized spacial score (nSPS) is 14.0. The molecule has 0 heterocycles. The third kappa shape index (κ3) is 2.83. The van der Waals surface area contributed by atoms with E-state index in [0.717, 1.165) is 0 Å². The molecule has 3 nitrogen and oxygen atoms in total. The van der Waals surface area contributed by atoms with E-state index in [-0.39, 0.29) is 0 Å². The van der Waals surface area contributed by atoms with Crippen LogP contribution in [0.5, 0.6) is 0 Å². The zero-order chi connectivity index (χ0) is 6.73. The molecule has 0 fully saturated rings. The summed E-state index contributed by atoms with van der Waals surface area (Å²) in [7, 11) is 0. The van der Waals surface area contributed by atoms with E-state index in [0.29, 0.717) is 0 Å². The van der Waals surface area contributed by atoms with E-state index in [1.165, 1.54) is 2.14 Å². The molecule has 0 unspecified atom stereocenters. The van der Waals surface area contributed by atoms with Gasteiger partial charge in [-0.1, -0.05) is 0 Å². The van der Waals surface area contributed by atoms with Crippen molar-refractivity contribution in [1.82, 2.24) is 2.14 Å². The Labute approximate surface area is 69.9 Å². The molecule has 0 bridgehead atoms. The second kappa shape index (κ2) is 3.62. The van der Waals surface area contributed by atoms with Crippen molar-refractivity contribution in [1.29, 1.82) is 0 Å². The predicted molar refractivity (Wildman–Crippen MR) is 41.9 cm³/mol. The highest BCUT2D eigenvalue weighted by molar-refractivity contribution is 14.1. The molecule has 0 aliphatic heterocycles. The van der Waals surface area contributed by atoms with Gasteiger partial charge in [-0.15, -0.1) is 0 Å². The van der Waals surface area contributed by atoms with Crippen LogP contribution in [-0.4, -0.2) is 19.3 Å². The summed E-state index contributed by atoms with van der Waals surface area (Å²) in [6.45, 7) is 1.59. The van der Waals surface area contributed by atoms with Gasteiger partial charge in [0.2, 0.25) is 0 Å². The average molecular weight is 294 g/mol. The second-order valence-corrected chi connectivity index (χ2v) is 4.40. The maximum absolute atomic E-state index is 10.1. The van der Waals surface area contributed by atoms with E-state index in [1.807, 2.05) is 22.9 Å². The summed E-state index contributed by atoms with van der Waals surface area (Å²) < 4.78 is 1.42. The van der Waals surface area contributed by atoms with Crippen LogP contribution in [0.4, 0.5) is 0 Å². The number of rotatable bonds is 2. The summed E-state index contributed by atoms with van der Waals surface area (Å²) in [4.78, 5) is 10.1. The van der Waals surface area contributed by atoms with Crippen LogP contribution in [0, 0.1) is 0 Å². The van der Waals surface area contributed by atoms with Crippen molar-refractivity contribution in [2.24, 2.45) is 0 Å². The summed E-state index contributed by atoms with van der Waals surface area (Å²) in [5.74, 6) is -0.837. The first kappa shape index (κ1) is 8.64. The molecule has 0 spiro atoms. The van der Waals surface area contributed by atoms with Crippen molar-refractivity contribution < 1.29 is 9.90 Å². The van der Waals surface area contributed by atoms with Crippen LogP contribution in [0.1, 0.15) is 6.92 Å². The molecule has 0 aromatic rings. The summed E-state index contributed by atoms with van der Waals surface area (Å²) in [5.41, 5.74) is 0. The molecular formula is C3H5BrINO2. The lowest BCUT2D eigenvalue weighted by Crippen LogP contribution is -2.24. The highest BCUT2D eigenvalue weighted by Gasteiger charge is 2.14. The molecule has 0 saturated carbocycles. The highest BCUT2D eigenvalue weighted by Crippen LogP contribution is 2.11. The number of nitrogens with zero attached hydrogens (tertiary/aromatic N) is 1. The molecule has 0 saturated heterocycles. The van der Waals surface area contributed by atoms with Gasteiger partial charge >= 0.3 is 5.97 Å². The van der Waals surface area contributed by atoms with E-state index < -0.39 is 12.0 Å². The third-order valence-corrected chi connectivity index (χ3v) is 2.10. The minimum atomic E-state index is -0.837. The fraction of sp³-hybridized carbons (Fsp3) is 0.667. The van der Waals surface area contributed by atoms with Gasteiger partial charge in [-0.3, -0.25) is 4.79 Å². The lowest BCUT2D eigenvalue weighted by molar-refractivity contribution is -0.139. The molecule has 1 N–H and O–H groups in total. The van der Waals surface area contributed by atoms with E-state index in [1.54, 1.807) is 6.92 Å². The van der Waals surface area contributed by atoms with Crippen molar-refractivity contribution in [3.05, 3.63) is 0 Å². The molecule has 0 aromatic carbocycles. The van der Waals surface area contributed by atoms with Gasteiger partial charge in [-0.25, -0.2) is 0 Å². The van der Waals surface area contributed by atoms with Crippen LogP contribution < -0.4 is 0 Å². The Bertz CT molecular complexity index is 97.3. The Morgan fingerprint density at radius 3 is 2.38 bits per heavy atom. The second-order valence-electron chi connectivity index (χ2n) is 1.27. The fourth-order valence-corrected chi connectivity index (χ4v) is 0.497. The van der Waals surface area contributed by atoms with Crippen LogP contribution >= 0.6 is 39.0 Å². The van der Waals surface area contributed by atoms with Crippen molar-refractivity contribution in [3.63, 3.8) is 0 Å². The smallest absolute Gasteiger partial charge is 0.322 e. The summed E-state index contributed by atoms with van der Waals surface area (Å²) in [6, 6.07) is -0.476. The minimum absolute atomic E-state index is 0.476. The summed E-state index contributed by atoms with van der Waals surface area (Å²) >= 11 is 4.83. The van der Waals surface area contributed by atoms with E-state index in [2.05, 4.69) is 16.1 Å². The zero-order valence-electron chi connectivity index (χ0n) is 4.14. The number of halogens is 2. The minimum Gasteiger partial charge on any atom is -0.480 e. The summed E-state index contributed by atoms with van der Waals surface area (Å²) in [5, 5.41) is 8.28. The maximum Gasteiger partial charge on any atom is 0.322 e. The van der Waals surface area contributed by atoms with Crippen molar-refractivity contribution in [2.75, 3.05) is 0 Å². The van der Waals surface area contributed by atoms with Crippen LogP contribution in [0.15, 0.2) is 0 Å². The number of hydrogen-bond acceptors (Lipinski definition) is 2. The standard InChI is InChI=1S/C3H5BrINO2/c1-2(3(7)8)6(4)5/h2H,1H3,(H,7,8)/t2-/m0/s1. The SMILES string of the molecule is C[C@@H](C(=O)O)N(Br)I. The fourth-order valence-electron chi connectivity index (χ4n) is 0.0835. The molecule has 0 aromatic heterocycles. The third-order valence-electron chi connectivity index (χ3n) is 0.650. The van der Waals surface area contributed by atoms with E-state index in [9.17, 15) is 4.79 Å². The van der Waals surface area contributed by atoms with E-state index in [4.69, 9.17) is 5.11 Å². The number of carbonyl (C=O) groups is 1. The van der Waals surface area contributed by atoms with Crippen molar-refractivity contribution in [3.8, 4) is 0 Å². The molecule has 8 heavy (non-hydrogen) atoms. The van der Waals surface area contributed by atoms with Gasteiger partial charge in [0, 0.05) is 39.0 Å². The van der Waals surface area contributed by atoms with Gasteiger partial charge < -0.3 is 5.11 Å². The van der Waals surface area contributed by atoms with Crippen LogP contribution in [0.2, 0.25) is 0 Å². The predicted octanol–water partition coefficient (Wildman–Crippen LogP) is 1.42. The first-order valence-corrected chi connectivity index (χ1v) is 3.56. The number of carboxylic acid groups (broad SMARTS) is 1. The van der Waals surface area contributed by atoms with Crippen LogP contribution in [0.3, 0.4) is 0 Å². The molecule has 5 heteroatoms. The van der Waals surface area contributed by atoms with Gasteiger partial charge in [0.1, 0.15) is 6.04 Å². The Hall–Kier alpha value is 0.640. The van der Waals surface area contributed by atoms with Crippen molar-refractivity contribution in [2.45, 2.75) is 13.0 Å². The highest BCUT2D eigenvalue weighted by atomic mass is 127. The monoisotopic (exact) mass is 293 g/mol. The topological polar surface area (TPSA) is 40.5 Å². The van der Waals surface area contributed by atoms with Crippen molar-refractivity contribution >= 4 is 45.0 Å². The Kier molecular flexibility index (Phi) is 3.91. The van der Waals surface area contributed by atoms with Gasteiger partial charge in [-0.05, 0) is 6.92 Å². The molecular weight excluding hydrogens is 289 g/mol. The molecule has 0 rings (SSSR count). The molecule has 48 valence electrons. The summed E-state index contributed by atoms with van der Waals surface area (Å²) in [6.07, 6.45) is 0. The zero-order valence-corrected chi connectivity index (χ0v) is 7.88. The number of carboxylic acids is 1. The average Bonchev–Trinajstić information content (AvgIpc) is 1.64. The van der Waals surface area contributed by atoms with Gasteiger partial charge in [0.15, 0.2) is 0 Å². The quantitative estimate of drug-likeness (QED) is 0.618. The van der Waals surface area contributed by atoms with Gasteiger partial charge in [-0.2, -0.15) is 2.14 Å². The Balaban J connectivity index is 3.64. The van der Waals surface area contributed by atoms with Gasteiger partial charge in [0.25, 0.3) is 0 Å². The first-order valence-electron chi connectivity index (χ1n) is 1.89. The Morgan fingerprint density at radius 1 is 2.00 bits per heavy atom. The largest absolute Gasteiger partial charge is 0.480 e. The lowest BCUT2D eigenvalue weighted by Gasteiger charge is -2.08. The molecule has 0 radical (unpaired) electrons. The first-order chi connectivity index (χ1) is 3.55. The molecule has 0 amide bonds. The van der Waals surface area contributed by atoms with Crippen LogP contribution in [-0.2, 0) is 4.79 Å². The van der Waals surface area contributed by atoms with Gasteiger partial charge in [0.05, 0.1) is 0 Å². The van der Waals surface area contributed by atoms with E-state index >= 15 is 0 Å². The molecule has 1 atom stereocenters.